The Kier molecular flexibility index (Phi) is 6.13. The summed E-state index contributed by atoms with van der Waals surface area (Å²) in [6.07, 6.45) is 5.92. The van der Waals surface area contributed by atoms with Gasteiger partial charge in [0.2, 0.25) is 0 Å². The number of aliphatic hydroxyl groups is 1. The zero-order valence-electron chi connectivity index (χ0n) is 20.1. The van der Waals surface area contributed by atoms with E-state index in [2.05, 4.69) is 30.9 Å². The number of hydrogen-bond donors (Lipinski definition) is 4. The van der Waals surface area contributed by atoms with Gasteiger partial charge in [0.25, 0.3) is 5.91 Å². The van der Waals surface area contributed by atoms with Crippen LogP contribution < -0.4 is 20.1 Å². The van der Waals surface area contributed by atoms with Crippen LogP contribution in [0.25, 0.3) is 16.9 Å². The number of rotatable bonds is 8. The molecule has 4 heterocycles. The zero-order valence-corrected chi connectivity index (χ0v) is 20.1. The Labute approximate surface area is 219 Å². The highest BCUT2D eigenvalue weighted by atomic mass is 19.3. The number of β-amino-alcohol motifs (C(OH)–C–C–N with tert-alkyl or cyclic N) is 1. The number of aromatic amines is 1. The number of halogens is 2. The Bertz CT molecular complexity index is 1670. The number of nitrogens with one attached hydrogen (secondary N) is 3. The number of amides is 1. The van der Waals surface area contributed by atoms with Gasteiger partial charge in [-0.2, -0.15) is 19.0 Å². The monoisotopic (exact) mass is 533 g/mol. The molecule has 6 rings (SSSR count). The van der Waals surface area contributed by atoms with Crippen LogP contribution in [0.3, 0.4) is 0 Å². The highest BCUT2D eigenvalue weighted by molar-refractivity contribution is 6.09. The first kappa shape index (κ1) is 24.5. The molecule has 5 aromatic rings. The molecule has 1 aliphatic heterocycles. The van der Waals surface area contributed by atoms with E-state index in [1.807, 2.05) is 0 Å². The van der Waals surface area contributed by atoms with Crippen LogP contribution in [0.15, 0.2) is 73.3 Å². The number of nitrogens with zero attached hydrogens (tertiary/aromatic N) is 4. The van der Waals surface area contributed by atoms with Gasteiger partial charge in [-0.3, -0.25) is 9.89 Å². The molecule has 0 bridgehead atoms. The third kappa shape index (κ3) is 4.76. The maximum absolute atomic E-state index is 13.2. The lowest BCUT2D eigenvalue weighted by Crippen LogP contribution is -2.56. The molecule has 4 N–H and O–H groups in total. The Hall–Kier alpha value is -4.88. The second-order valence-corrected chi connectivity index (χ2v) is 8.86. The average molecular weight is 533 g/mol. The zero-order chi connectivity index (χ0) is 27.0. The minimum Gasteiger partial charge on any atom is -0.457 e. The number of benzene rings is 2. The van der Waals surface area contributed by atoms with E-state index < -0.39 is 18.1 Å². The molecule has 0 radical (unpaired) electrons. The standard InChI is InChI=1S/C26H21F2N7O4/c27-25(28)39-21-6-5-17(38-16-4-1-3-15(9-16)26(37)13-29-14-26)10-18(21)22-20(12-31-34-22)33-24(36)19-11-32-35-8-2-7-30-23(19)35/h1-12,25,29,37H,13-14H2,(H,31,34)(H,33,36). The van der Waals surface area contributed by atoms with Crippen LogP contribution in [-0.2, 0) is 5.60 Å². The van der Waals surface area contributed by atoms with E-state index in [4.69, 9.17) is 9.47 Å². The van der Waals surface area contributed by atoms with Crippen LogP contribution >= 0.6 is 0 Å². The normalized spacial score (nSPS) is 14.3. The van der Waals surface area contributed by atoms with Gasteiger partial charge in [0.1, 0.15) is 28.4 Å². The van der Waals surface area contributed by atoms with Crippen molar-refractivity contribution < 1.29 is 28.2 Å². The maximum atomic E-state index is 13.2. The van der Waals surface area contributed by atoms with Gasteiger partial charge in [-0.15, -0.1) is 0 Å². The van der Waals surface area contributed by atoms with Crippen molar-refractivity contribution in [1.82, 2.24) is 30.1 Å². The first-order valence-electron chi connectivity index (χ1n) is 11.8. The first-order chi connectivity index (χ1) is 18.9. The Balaban J connectivity index is 1.31. The van der Waals surface area contributed by atoms with Gasteiger partial charge in [0.05, 0.1) is 23.8 Å². The van der Waals surface area contributed by atoms with Gasteiger partial charge in [-0.05, 0) is 42.0 Å². The number of anilines is 1. The van der Waals surface area contributed by atoms with Crippen molar-refractivity contribution in [2.45, 2.75) is 12.2 Å². The first-order valence-corrected chi connectivity index (χ1v) is 11.8. The summed E-state index contributed by atoms with van der Waals surface area (Å²) in [5.74, 6) is 0.0786. The molecule has 0 aliphatic carbocycles. The van der Waals surface area contributed by atoms with Crippen molar-refractivity contribution in [3.05, 3.63) is 84.4 Å². The molecular formula is C26H21F2N7O4. The van der Waals surface area contributed by atoms with E-state index in [1.54, 1.807) is 36.5 Å². The lowest BCUT2D eigenvalue weighted by atomic mass is 9.88. The Morgan fingerprint density at radius 2 is 1.97 bits per heavy atom. The number of carbonyl (C=O) groups excluding carboxylic acids is 1. The molecule has 1 amide bonds. The van der Waals surface area contributed by atoms with Crippen LogP contribution in [0.1, 0.15) is 15.9 Å². The van der Waals surface area contributed by atoms with Gasteiger partial charge in [0.15, 0.2) is 5.65 Å². The fourth-order valence-corrected chi connectivity index (χ4v) is 4.28. The third-order valence-electron chi connectivity index (χ3n) is 6.29. The average Bonchev–Trinajstić information content (AvgIpc) is 3.55. The Morgan fingerprint density at radius 1 is 1.13 bits per heavy atom. The predicted octanol–water partition coefficient (Wildman–Crippen LogP) is 3.56. The fraction of sp³-hybridized carbons (Fsp3) is 0.154. The molecule has 1 fully saturated rings. The molecule has 13 heteroatoms. The van der Waals surface area contributed by atoms with Gasteiger partial charge < -0.3 is 25.2 Å². The molecule has 198 valence electrons. The summed E-state index contributed by atoms with van der Waals surface area (Å²) in [6.45, 7) is -2.23. The van der Waals surface area contributed by atoms with Gasteiger partial charge in [-0.25, -0.2) is 9.50 Å². The van der Waals surface area contributed by atoms with Crippen molar-refractivity contribution in [2.24, 2.45) is 0 Å². The summed E-state index contributed by atoms with van der Waals surface area (Å²) < 4.78 is 38.7. The fourth-order valence-electron chi connectivity index (χ4n) is 4.28. The number of hydrogen-bond acceptors (Lipinski definition) is 8. The lowest BCUT2D eigenvalue weighted by Gasteiger charge is -2.38. The number of alkyl halides is 2. The van der Waals surface area contributed by atoms with Crippen molar-refractivity contribution in [3.63, 3.8) is 0 Å². The maximum Gasteiger partial charge on any atom is 0.387 e. The van der Waals surface area contributed by atoms with Crippen LogP contribution in [-0.4, -0.2) is 55.5 Å². The second kappa shape index (κ2) is 9.78. The molecule has 0 saturated carbocycles. The number of ether oxygens (including phenoxy) is 2. The van der Waals surface area contributed by atoms with Gasteiger partial charge >= 0.3 is 6.61 Å². The van der Waals surface area contributed by atoms with Crippen LogP contribution in [0, 0.1) is 0 Å². The molecule has 1 saturated heterocycles. The lowest BCUT2D eigenvalue weighted by molar-refractivity contribution is -0.0494. The SMILES string of the molecule is O=C(Nc1cn[nH]c1-c1cc(Oc2cccc(C3(O)CNC3)c2)ccc1OC(F)F)c1cnn2cccnc12. The van der Waals surface area contributed by atoms with E-state index in [0.29, 0.717) is 35.8 Å². The largest absolute Gasteiger partial charge is 0.457 e. The third-order valence-corrected chi connectivity index (χ3v) is 6.29. The molecule has 2 aromatic carbocycles. The molecule has 0 spiro atoms. The number of H-pyrrole nitrogens is 1. The number of fused-ring (bicyclic) bond motifs is 1. The van der Waals surface area contributed by atoms with Crippen LogP contribution in [0.5, 0.6) is 17.2 Å². The second-order valence-electron chi connectivity index (χ2n) is 8.86. The van der Waals surface area contributed by atoms with Crippen LogP contribution in [0.2, 0.25) is 0 Å². The number of carbonyl (C=O) groups is 1. The molecule has 3 aromatic heterocycles. The smallest absolute Gasteiger partial charge is 0.387 e. The van der Waals surface area contributed by atoms with Crippen molar-refractivity contribution >= 4 is 17.2 Å². The Morgan fingerprint density at radius 3 is 2.77 bits per heavy atom. The summed E-state index contributed by atoms with van der Waals surface area (Å²) >= 11 is 0. The van der Waals surface area contributed by atoms with E-state index in [-0.39, 0.29) is 28.3 Å². The summed E-state index contributed by atoms with van der Waals surface area (Å²) in [5, 5.41) is 27.2. The van der Waals surface area contributed by atoms with E-state index in [0.717, 1.165) is 0 Å². The molecular weight excluding hydrogens is 512 g/mol. The summed E-state index contributed by atoms with van der Waals surface area (Å²) in [4.78, 5) is 17.2. The minimum atomic E-state index is -3.09. The number of aromatic nitrogens is 5. The topological polar surface area (TPSA) is 139 Å². The van der Waals surface area contributed by atoms with Crippen molar-refractivity contribution in [3.8, 4) is 28.5 Å². The molecule has 11 nitrogen and oxygen atoms in total. The van der Waals surface area contributed by atoms with Crippen molar-refractivity contribution in [2.75, 3.05) is 18.4 Å². The predicted molar refractivity (Wildman–Crippen MR) is 135 cm³/mol. The summed E-state index contributed by atoms with van der Waals surface area (Å²) in [5.41, 5.74) is 0.896. The highest BCUT2D eigenvalue weighted by Crippen LogP contribution is 2.39. The quantitative estimate of drug-likeness (QED) is 0.238. The molecule has 0 unspecified atom stereocenters. The molecule has 0 atom stereocenters. The molecule has 1 aliphatic rings. The minimum absolute atomic E-state index is 0.154. The van der Waals surface area contributed by atoms with Gasteiger partial charge in [-0.1, -0.05) is 12.1 Å². The molecule has 39 heavy (non-hydrogen) atoms. The van der Waals surface area contributed by atoms with E-state index in [9.17, 15) is 18.7 Å². The summed E-state index contributed by atoms with van der Waals surface area (Å²) in [6, 6.07) is 13.0. The summed E-state index contributed by atoms with van der Waals surface area (Å²) in [7, 11) is 0. The van der Waals surface area contributed by atoms with E-state index in [1.165, 1.54) is 41.3 Å². The van der Waals surface area contributed by atoms with Crippen LogP contribution in [0.4, 0.5) is 14.5 Å². The van der Waals surface area contributed by atoms with Crippen molar-refractivity contribution in [1.29, 1.82) is 0 Å². The van der Waals surface area contributed by atoms with E-state index >= 15 is 0 Å². The highest BCUT2D eigenvalue weighted by Gasteiger charge is 2.36. The van der Waals surface area contributed by atoms with Gasteiger partial charge in [0, 0.05) is 31.0 Å².